The average Bonchev–Trinajstić information content (AvgIpc) is 2.32. The smallest absolute Gasteiger partial charge is 0.269 e. The van der Waals surface area contributed by atoms with Crippen molar-refractivity contribution in [2.75, 3.05) is 18.4 Å². The van der Waals surface area contributed by atoms with Gasteiger partial charge < -0.3 is 10.6 Å². The van der Waals surface area contributed by atoms with Gasteiger partial charge >= 0.3 is 0 Å². The maximum Gasteiger partial charge on any atom is 0.269 e. The third kappa shape index (κ3) is 3.99. The van der Waals surface area contributed by atoms with E-state index < -0.39 is 4.92 Å². The second-order valence-corrected chi connectivity index (χ2v) is 3.72. The Morgan fingerprint density at radius 3 is 2.83 bits per heavy atom. The minimum absolute atomic E-state index is 0.00952. The predicted molar refractivity (Wildman–Crippen MR) is 69.5 cm³/mol. The Morgan fingerprint density at radius 1 is 1.56 bits per heavy atom. The maximum atomic E-state index is 11.5. The van der Waals surface area contributed by atoms with Crippen LogP contribution in [0.25, 0.3) is 0 Å². The number of anilines is 1. The van der Waals surface area contributed by atoms with Crippen LogP contribution in [0, 0.1) is 17.0 Å². The molecule has 0 saturated carbocycles. The monoisotopic (exact) mass is 249 g/mol. The van der Waals surface area contributed by atoms with E-state index in [4.69, 9.17) is 0 Å². The number of non-ortho nitro benzene ring substituents is 1. The minimum Gasteiger partial charge on any atom is -0.325 e. The Morgan fingerprint density at radius 2 is 2.28 bits per heavy atom. The van der Waals surface area contributed by atoms with Gasteiger partial charge in [-0.15, -0.1) is 6.58 Å². The third-order valence-corrected chi connectivity index (χ3v) is 2.27. The summed E-state index contributed by atoms with van der Waals surface area (Å²) >= 11 is 0. The quantitative estimate of drug-likeness (QED) is 0.347. The molecule has 0 saturated heterocycles. The van der Waals surface area contributed by atoms with Crippen molar-refractivity contribution >= 4 is 17.3 Å². The lowest BCUT2D eigenvalue weighted by molar-refractivity contribution is -0.384. The summed E-state index contributed by atoms with van der Waals surface area (Å²) in [5.74, 6) is -0.200. The number of nitrogens with zero attached hydrogens (tertiary/aromatic N) is 1. The fraction of sp³-hybridized carbons (Fsp3) is 0.250. The maximum absolute atomic E-state index is 11.5. The normalized spacial score (nSPS) is 9.83. The van der Waals surface area contributed by atoms with Crippen molar-refractivity contribution in [1.82, 2.24) is 5.32 Å². The number of hydrogen-bond acceptors (Lipinski definition) is 4. The van der Waals surface area contributed by atoms with Crippen molar-refractivity contribution in [3.05, 3.63) is 46.5 Å². The summed E-state index contributed by atoms with van der Waals surface area (Å²) in [6, 6.07) is 4.31. The molecule has 1 aromatic rings. The van der Waals surface area contributed by atoms with Gasteiger partial charge in [-0.2, -0.15) is 0 Å². The summed E-state index contributed by atoms with van der Waals surface area (Å²) in [6.45, 7) is 5.95. The Kier molecular flexibility index (Phi) is 5.01. The molecule has 1 aromatic carbocycles. The van der Waals surface area contributed by atoms with Crippen molar-refractivity contribution in [2.24, 2.45) is 0 Å². The van der Waals surface area contributed by atoms with Crippen molar-refractivity contribution in [2.45, 2.75) is 6.92 Å². The molecule has 1 amide bonds. The van der Waals surface area contributed by atoms with Gasteiger partial charge in [-0.3, -0.25) is 14.9 Å². The van der Waals surface area contributed by atoms with Crippen LogP contribution >= 0.6 is 0 Å². The predicted octanol–water partition coefficient (Wildman–Crippen LogP) is 1.62. The molecule has 0 heterocycles. The summed E-state index contributed by atoms with van der Waals surface area (Å²) in [5.41, 5.74) is 1.24. The van der Waals surface area contributed by atoms with E-state index in [1.165, 1.54) is 18.2 Å². The number of aryl methyl sites for hydroxylation is 1. The molecule has 0 unspecified atom stereocenters. The Balaban J connectivity index is 2.65. The van der Waals surface area contributed by atoms with Crippen molar-refractivity contribution in [3.8, 4) is 0 Å². The molecule has 0 fully saturated rings. The van der Waals surface area contributed by atoms with Gasteiger partial charge in [0.25, 0.3) is 5.69 Å². The number of hydrogen-bond donors (Lipinski definition) is 2. The zero-order chi connectivity index (χ0) is 13.5. The fourth-order valence-corrected chi connectivity index (χ4v) is 1.38. The number of carbonyl (C=O) groups excluding carboxylic acids is 1. The molecule has 0 spiro atoms. The first-order valence-corrected chi connectivity index (χ1v) is 5.41. The van der Waals surface area contributed by atoms with Gasteiger partial charge in [-0.25, -0.2) is 0 Å². The lowest BCUT2D eigenvalue weighted by Gasteiger charge is -2.08. The number of benzene rings is 1. The number of amides is 1. The van der Waals surface area contributed by atoms with Gasteiger partial charge in [0.2, 0.25) is 5.91 Å². The standard InChI is InChI=1S/C12H15N3O3/c1-3-6-13-8-12(16)14-11-5-4-10(15(17)18)7-9(11)2/h3-5,7,13H,1,6,8H2,2H3,(H,14,16). The van der Waals surface area contributed by atoms with Crippen LogP contribution in [0.4, 0.5) is 11.4 Å². The molecule has 0 aliphatic carbocycles. The van der Waals surface area contributed by atoms with E-state index in [2.05, 4.69) is 17.2 Å². The highest BCUT2D eigenvalue weighted by molar-refractivity contribution is 5.93. The molecule has 6 heteroatoms. The summed E-state index contributed by atoms with van der Waals surface area (Å²) in [4.78, 5) is 21.6. The van der Waals surface area contributed by atoms with Crippen molar-refractivity contribution in [3.63, 3.8) is 0 Å². The summed E-state index contributed by atoms with van der Waals surface area (Å²) in [5, 5.41) is 16.1. The van der Waals surface area contributed by atoms with Gasteiger partial charge in [-0.1, -0.05) is 6.08 Å². The zero-order valence-corrected chi connectivity index (χ0v) is 10.1. The number of nitro groups is 1. The summed E-state index contributed by atoms with van der Waals surface area (Å²) < 4.78 is 0. The Hall–Kier alpha value is -2.21. The number of nitro benzene ring substituents is 1. The van der Waals surface area contributed by atoms with E-state index in [-0.39, 0.29) is 18.1 Å². The average molecular weight is 249 g/mol. The summed E-state index contributed by atoms with van der Waals surface area (Å²) in [6.07, 6.45) is 1.66. The molecule has 0 aromatic heterocycles. The van der Waals surface area contributed by atoms with E-state index in [9.17, 15) is 14.9 Å². The van der Waals surface area contributed by atoms with Crippen LogP contribution in [0.5, 0.6) is 0 Å². The number of carbonyl (C=O) groups is 1. The van der Waals surface area contributed by atoms with E-state index in [0.717, 1.165) is 0 Å². The highest BCUT2D eigenvalue weighted by atomic mass is 16.6. The Labute approximate surface area is 105 Å². The largest absolute Gasteiger partial charge is 0.325 e. The fourth-order valence-electron chi connectivity index (χ4n) is 1.38. The second kappa shape index (κ2) is 6.51. The zero-order valence-electron chi connectivity index (χ0n) is 10.1. The highest BCUT2D eigenvalue weighted by Gasteiger charge is 2.09. The first-order chi connectivity index (χ1) is 8.54. The van der Waals surface area contributed by atoms with Crippen molar-refractivity contribution in [1.29, 1.82) is 0 Å². The minimum atomic E-state index is -0.468. The van der Waals surface area contributed by atoms with Crippen LogP contribution in [0.3, 0.4) is 0 Å². The lowest BCUT2D eigenvalue weighted by Crippen LogP contribution is -2.28. The molecule has 6 nitrogen and oxygen atoms in total. The molecular weight excluding hydrogens is 234 g/mol. The van der Waals surface area contributed by atoms with Crippen LogP contribution in [-0.4, -0.2) is 23.9 Å². The molecule has 2 N–H and O–H groups in total. The Bertz CT molecular complexity index is 472. The van der Waals surface area contributed by atoms with Gasteiger partial charge in [-0.05, 0) is 18.6 Å². The van der Waals surface area contributed by atoms with Gasteiger partial charge in [0.1, 0.15) is 0 Å². The number of nitrogens with one attached hydrogen (secondary N) is 2. The van der Waals surface area contributed by atoms with Gasteiger partial charge in [0, 0.05) is 24.4 Å². The van der Waals surface area contributed by atoms with E-state index in [0.29, 0.717) is 17.8 Å². The molecule has 0 atom stereocenters. The van der Waals surface area contributed by atoms with Crippen LogP contribution in [0.1, 0.15) is 5.56 Å². The molecule has 18 heavy (non-hydrogen) atoms. The molecule has 0 radical (unpaired) electrons. The second-order valence-electron chi connectivity index (χ2n) is 3.72. The van der Waals surface area contributed by atoms with E-state index in [1.54, 1.807) is 13.0 Å². The topological polar surface area (TPSA) is 84.3 Å². The molecule has 1 rings (SSSR count). The first kappa shape index (κ1) is 13.9. The van der Waals surface area contributed by atoms with Crippen LogP contribution in [0.2, 0.25) is 0 Å². The van der Waals surface area contributed by atoms with Crippen LogP contribution in [0.15, 0.2) is 30.9 Å². The molecule has 0 bridgehead atoms. The number of rotatable bonds is 6. The van der Waals surface area contributed by atoms with Crippen molar-refractivity contribution < 1.29 is 9.72 Å². The first-order valence-electron chi connectivity index (χ1n) is 5.41. The van der Waals surface area contributed by atoms with Gasteiger partial charge in [0.05, 0.1) is 11.5 Å². The summed E-state index contributed by atoms with van der Waals surface area (Å²) in [7, 11) is 0. The molecule has 0 aliphatic rings. The third-order valence-electron chi connectivity index (χ3n) is 2.27. The highest BCUT2D eigenvalue weighted by Crippen LogP contribution is 2.20. The van der Waals surface area contributed by atoms with Crippen LogP contribution < -0.4 is 10.6 Å². The van der Waals surface area contributed by atoms with E-state index >= 15 is 0 Å². The van der Waals surface area contributed by atoms with Crippen LogP contribution in [-0.2, 0) is 4.79 Å². The van der Waals surface area contributed by atoms with Gasteiger partial charge in [0.15, 0.2) is 0 Å². The molecule has 0 aliphatic heterocycles. The lowest BCUT2D eigenvalue weighted by atomic mass is 10.2. The molecular formula is C12H15N3O3. The SMILES string of the molecule is C=CCNCC(=O)Nc1ccc([N+](=O)[O-])cc1C. The molecule has 96 valence electrons. The van der Waals surface area contributed by atoms with E-state index in [1.807, 2.05) is 0 Å².